The summed E-state index contributed by atoms with van der Waals surface area (Å²) in [6.07, 6.45) is 6.47. The Hall–Kier alpha value is -1.42. The quantitative estimate of drug-likeness (QED) is 0.868. The fourth-order valence-corrected chi connectivity index (χ4v) is 2.10. The van der Waals surface area contributed by atoms with Gasteiger partial charge < -0.3 is 5.32 Å². The van der Waals surface area contributed by atoms with Crippen molar-refractivity contribution in [3.63, 3.8) is 0 Å². The first-order valence-corrected chi connectivity index (χ1v) is 7.09. The minimum Gasteiger partial charge on any atom is -0.310 e. The van der Waals surface area contributed by atoms with Crippen molar-refractivity contribution in [3.8, 4) is 0 Å². The molecule has 1 N–H and O–H groups in total. The third-order valence-corrected chi connectivity index (χ3v) is 3.32. The molecule has 1 unspecified atom stereocenters. The molecule has 4 heteroatoms. The molecule has 2 aromatic heterocycles. The topological polar surface area (TPSA) is 42.2 Å². The summed E-state index contributed by atoms with van der Waals surface area (Å²) < 4.78 is 1.85. The van der Waals surface area contributed by atoms with Gasteiger partial charge in [0.05, 0.1) is 5.69 Å². The summed E-state index contributed by atoms with van der Waals surface area (Å²) in [6.45, 7) is 9.61. The largest absolute Gasteiger partial charge is 0.310 e. The van der Waals surface area contributed by atoms with E-state index in [0.717, 1.165) is 23.8 Å². The molecular weight excluding hydrogens is 236 g/mol. The SMILES string of the molecule is Cc1cc2ncc(CNC(C)CCC(C)C)cn2n1. The van der Waals surface area contributed by atoms with E-state index in [1.807, 2.05) is 23.7 Å². The zero-order valence-electron chi connectivity index (χ0n) is 12.3. The van der Waals surface area contributed by atoms with Crippen molar-refractivity contribution in [2.75, 3.05) is 0 Å². The molecule has 0 bridgehead atoms. The molecule has 0 amide bonds. The normalized spacial score (nSPS) is 13.3. The van der Waals surface area contributed by atoms with Crippen molar-refractivity contribution in [1.82, 2.24) is 19.9 Å². The summed E-state index contributed by atoms with van der Waals surface area (Å²) >= 11 is 0. The highest BCUT2D eigenvalue weighted by atomic mass is 15.2. The Kier molecular flexibility index (Phi) is 4.53. The minimum atomic E-state index is 0.539. The lowest BCUT2D eigenvalue weighted by molar-refractivity contribution is 0.450. The molecule has 19 heavy (non-hydrogen) atoms. The number of hydrogen-bond donors (Lipinski definition) is 1. The third-order valence-electron chi connectivity index (χ3n) is 3.32. The van der Waals surface area contributed by atoms with Crippen LogP contribution in [0.15, 0.2) is 18.5 Å². The van der Waals surface area contributed by atoms with Crippen LogP contribution < -0.4 is 5.32 Å². The monoisotopic (exact) mass is 260 g/mol. The van der Waals surface area contributed by atoms with Gasteiger partial charge in [0.15, 0.2) is 5.65 Å². The fraction of sp³-hybridized carbons (Fsp3) is 0.600. The highest BCUT2D eigenvalue weighted by Crippen LogP contribution is 2.08. The molecule has 0 spiro atoms. The van der Waals surface area contributed by atoms with E-state index in [0.29, 0.717) is 6.04 Å². The first-order valence-electron chi connectivity index (χ1n) is 7.09. The molecule has 0 saturated carbocycles. The molecule has 2 heterocycles. The highest BCUT2D eigenvalue weighted by Gasteiger charge is 2.05. The molecule has 2 aromatic rings. The van der Waals surface area contributed by atoms with E-state index in [4.69, 9.17) is 0 Å². The first kappa shape index (κ1) is 14.0. The molecule has 104 valence electrons. The number of aromatic nitrogens is 3. The van der Waals surface area contributed by atoms with Gasteiger partial charge in [0.25, 0.3) is 0 Å². The van der Waals surface area contributed by atoms with Gasteiger partial charge in [-0.05, 0) is 32.6 Å². The summed E-state index contributed by atoms with van der Waals surface area (Å²) in [4.78, 5) is 4.41. The van der Waals surface area contributed by atoms with Crippen LogP contribution in [-0.2, 0) is 6.54 Å². The predicted molar refractivity (Wildman–Crippen MR) is 78.1 cm³/mol. The molecule has 0 radical (unpaired) electrons. The second kappa shape index (κ2) is 6.15. The van der Waals surface area contributed by atoms with E-state index in [-0.39, 0.29) is 0 Å². The Labute approximate surface area is 115 Å². The smallest absolute Gasteiger partial charge is 0.155 e. The second-order valence-electron chi connectivity index (χ2n) is 5.80. The van der Waals surface area contributed by atoms with E-state index in [2.05, 4.69) is 42.4 Å². The van der Waals surface area contributed by atoms with E-state index in [9.17, 15) is 0 Å². The first-order chi connectivity index (χ1) is 9.04. The maximum Gasteiger partial charge on any atom is 0.155 e. The van der Waals surface area contributed by atoms with Crippen LogP contribution in [0, 0.1) is 12.8 Å². The van der Waals surface area contributed by atoms with Gasteiger partial charge >= 0.3 is 0 Å². The number of nitrogens with one attached hydrogen (secondary N) is 1. The lowest BCUT2D eigenvalue weighted by Crippen LogP contribution is -2.26. The molecular formula is C15H24N4. The average molecular weight is 260 g/mol. The van der Waals surface area contributed by atoms with Crippen LogP contribution in [0.2, 0.25) is 0 Å². The van der Waals surface area contributed by atoms with Crippen molar-refractivity contribution in [1.29, 1.82) is 0 Å². The maximum absolute atomic E-state index is 4.41. The lowest BCUT2D eigenvalue weighted by Gasteiger charge is -2.14. The minimum absolute atomic E-state index is 0.539. The number of fused-ring (bicyclic) bond motifs is 1. The zero-order valence-corrected chi connectivity index (χ0v) is 12.3. The Bertz CT molecular complexity index is 530. The van der Waals surface area contributed by atoms with Crippen LogP contribution in [0.3, 0.4) is 0 Å². The third kappa shape index (κ3) is 4.03. The molecule has 0 saturated heterocycles. The summed E-state index contributed by atoms with van der Waals surface area (Å²) in [5.41, 5.74) is 3.09. The Morgan fingerprint density at radius 2 is 2.05 bits per heavy atom. The van der Waals surface area contributed by atoms with Crippen LogP contribution >= 0.6 is 0 Å². The van der Waals surface area contributed by atoms with E-state index in [1.165, 1.54) is 18.4 Å². The average Bonchev–Trinajstić information content (AvgIpc) is 2.73. The molecule has 0 fully saturated rings. The van der Waals surface area contributed by atoms with Crippen LogP contribution in [0.4, 0.5) is 0 Å². The van der Waals surface area contributed by atoms with Crippen molar-refractivity contribution in [2.45, 2.75) is 53.1 Å². The molecule has 0 aliphatic rings. The fourth-order valence-electron chi connectivity index (χ4n) is 2.10. The Balaban J connectivity index is 1.90. The van der Waals surface area contributed by atoms with E-state index in [1.54, 1.807) is 0 Å². The lowest BCUT2D eigenvalue weighted by atomic mass is 10.0. The molecule has 1 atom stereocenters. The molecule has 4 nitrogen and oxygen atoms in total. The number of nitrogens with zero attached hydrogens (tertiary/aromatic N) is 3. The van der Waals surface area contributed by atoms with Gasteiger partial charge in [-0.3, -0.25) is 0 Å². The van der Waals surface area contributed by atoms with E-state index >= 15 is 0 Å². The van der Waals surface area contributed by atoms with Gasteiger partial charge in [0, 0.05) is 36.6 Å². The second-order valence-corrected chi connectivity index (χ2v) is 5.80. The summed E-state index contributed by atoms with van der Waals surface area (Å²) in [6, 6.07) is 2.53. The van der Waals surface area contributed by atoms with Gasteiger partial charge in [-0.2, -0.15) is 5.10 Å². The summed E-state index contributed by atoms with van der Waals surface area (Å²) in [5.74, 6) is 0.773. The maximum atomic E-state index is 4.41. The number of aryl methyl sites for hydroxylation is 1. The zero-order chi connectivity index (χ0) is 13.8. The van der Waals surface area contributed by atoms with E-state index < -0.39 is 0 Å². The molecule has 0 aliphatic heterocycles. The number of hydrogen-bond acceptors (Lipinski definition) is 3. The van der Waals surface area contributed by atoms with Gasteiger partial charge in [-0.15, -0.1) is 0 Å². The van der Waals surface area contributed by atoms with Crippen molar-refractivity contribution in [3.05, 3.63) is 29.7 Å². The van der Waals surface area contributed by atoms with Gasteiger partial charge in [0.1, 0.15) is 0 Å². The summed E-state index contributed by atoms with van der Waals surface area (Å²) in [7, 11) is 0. The van der Waals surface area contributed by atoms with Gasteiger partial charge in [-0.25, -0.2) is 9.50 Å². The standard InChI is InChI=1S/C15H24N4/c1-11(2)5-6-12(3)16-8-14-9-17-15-7-13(4)18-19(15)10-14/h7,9-12,16H,5-6,8H2,1-4H3. The van der Waals surface area contributed by atoms with Crippen LogP contribution in [0.25, 0.3) is 5.65 Å². The van der Waals surface area contributed by atoms with Crippen LogP contribution in [-0.4, -0.2) is 20.6 Å². The molecule has 0 aromatic carbocycles. The van der Waals surface area contributed by atoms with Crippen LogP contribution in [0.5, 0.6) is 0 Å². The Morgan fingerprint density at radius 1 is 1.26 bits per heavy atom. The number of rotatable bonds is 6. The van der Waals surface area contributed by atoms with Crippen molar-refractivity contribution >= 4 is 5.65 Å². The Morgan fingerprint density at radius 3 is 2.79 bits per heavy atom. The molecule has 2 rings (SSSR count). The summed E-state index contributed by atoms with van der Waals surface area (Å²) in [5, 5.41) is 7.93. The van der Waals surface area contributed by atoms with Gasteiger partial charge in [-0.1, -0.05) is 13.8 Å². The highest BCUT2D eigenvalue weighted by molar-refractivity contribution is 5.38. The van der Waals surface area contributed by atoms with Gasteiger partial charge in [0.2, 0.25) is 0 Å². The van der Waals surface area contributed by atoms with Crippen molar-refractivity contribution < 1.29 is 0 Å². The van der Waals surface area contributed by atoms with Crippen LogP contribution in [0.1, 0.15) is 44.9 Å². The predicted octanol–water partition coefficient (Wildman–Crippen LogP) is 2.95. The van der Waals surface area contributed by atoms with Crippen molar-refractivity contribution in [2.24, 2.45) is 5.92 Å². The molecule has 0 aliphatic carbocycles.